The molecule has 0 saturated carbocycles. The highest BCUT2D eigenvalue weighted by molar-refractivity contribution is 5.84. The Labute approximate surface area is 224 Å². The van der Waals surface area contributed by atoms with Crippen LogP contribution in [0.2, 0.25) is 0 Å². The van der Waals surface area contributed by atoms with Gasteiger partial charge in [0.05, 0.1) is 12.1 Å². The van der Waals surface area contributed by atoms with Crippen LogP contribution >= 0.6 is 0 Å². The fourth-order valence-corrected chi connectivity index (χ4v) is 4.75. The molecular weight excluding hydrogens is 514 g/mol. The van der Waals surface area contributed by atoms with Gasteiger partial charge in [0.2, 0.25) is 0 Å². The van der Waals surface area contributed by atoms with Gasteiger partial charge in [0.1, 0.15) is 0 Å². The first-order chi connectivity index (χ1) is 18.3. The number of carboxylic acids is 1. The van der Waals surface area contributed by atoms with Gasteiger partial charge >= 0.3 is 12.1 Å². The number of nitrogens with zero attached hydrogens (tertiary/aromatic N) is 3. The molecule has 4 rings (SSSR count). The summed E-state index contributed by atoms with van der Waals surface area (Å²) in [6.45, 7) is 7.40. The van der Waals surface area contributed by atoms with Crippen LogP contribution in [0, 0.1) is 18.2 Å². The molecule has 0 spiro atoms. The lowest BCUT2D eigenvalue weighted by molar-refractivity contribution is -0.195. The second-order valence-corrected chi connectivity index (χ2v) is 10.7. The first kappa shape index (κ1) is 28.3. The number of ether oxygens (including phenoxy) is 1. The van der Waals surface area contributed by atoms with Crippen LogP contribution in [0.15, 0.2) is 48.8 Å². The Morgan fingerprint density at radius 2 is 1.79 bits per heavy atom. The lowest BCUT2D eigenvalue weighted by atomic mass is 9.82. The first-order valence-corrected chi connectivity index (χ1v) is 12.7. The Hall–Kier alpha value is -3.69. The Morgan fingerprint density at radius 3 is 2.38 bits per heavy atom. The number of hydrogen-bond donors (Lipinski definition) is 1. The van der Waals surface area contributed by atoms with Crippen LogP contribution in [0.1, 0.15) is 43.5 Å². The predicted octanol–water partition coefficient (Wildman–Crippen LogP) is 6.40. The molecule has 1 aliphatic rings. The lowest BCUT2D eigenvalue weighted by Crippen LogP contribution is -2.38. The fourth-order valence-electron chi connectivity index (χ4n) is 4.75. The minimum absolute atomic E-state index is 0.132. The summed E-state index contributed by atoms with van der Waals surface area (Å²) in [5.74, 6) is -2.84. The molecule has 10 heteroatoms. The van der Waals surface area contributed by atoms with Gasteiger partial charge in [-0.15, -0.1) is 0 Å². The molecule has 1 atom stereocenters. The second kappa shape index (κ2) is 11.2. The van der Waals surface area contributed by atoms with E-state index in [2.05, 4.69) is 28.7 Å². The molecule has 1 fully saturated rings. The van der Waals surface area contributed by atoms with Crippen molar-refractivity contribution in [2.24, 2.45) is 5.41 Å². The van der Waals surface area contributed by atoms with Crippen molar-refractivity contribution in [3.05, 3.63) is 71.4 Å². The number of alkyl halides is 3. The minimum Gasteiger partial charge on any atom is -0.481 e. The summed E-state index contributed by atoms with van der Waals surface area (Å²) in [5, 5.41) is 9.57. The topological polar surface area (TPSA) is 75.6 Å². The summed E-state index contributed by atoms with van der Waals surface area (Å²) in [4.78, 5) is 22.0. The van der Waals surface area contributed by atoms with Crippen LogP contribution in [0.5, 0.6) is 5.88 Å². The number of benzene rings is 1. The maximum atomic E-state index is 15.2. The quantitative estimate of drug-likeness (QED) is 0.330. The molecule has 6 nitrogen and oxygen atoms in total. The van der Waals surface area contributed by atoms with Crippen molar-refractivity contribution in [2.45, 2.75) is 58.7 Å². The van der Waals surface area contributed by atoms with Crippen LogP contribution in [0.4, 0.5) is 23.2 Å². The van der Waals surface area contributed by atoms with E-state index in [0.29, 0.717) is 41.2 Å². The number of carboxylic acid groups (broad SMARTS) is 1. The van der Waals surface area contributed by atoms with Crippen molar-refractivity contribution in [2.75, 3.05) is 18.0 Å². The van der Waals surface area contributed by atoms with E-state index in [1.807, 2.05) is 0 Å². The normalized spacial score (nSPS) is 16.1. The summed E-state index contributed by atoms with van der Waals surface area (Å²) in [7, 11) is 0. The van der Waals surface area contributed by atoms with E-state index < -0.39 is 36.4 Å². The fraction of sp³-hybridized carbons (Fsp3) is 0.414. The van der Waals surface area contributed by atoms with Crippen molar-refractivity contribution < 1.29 is 32.2 Å². The highest BCUT2D eigenvalue weighted by atomic mass is 19.4. The van der Waals surface area contributed by atoms with E-state index in [4.69, 9.17) is 4.74 Å². The Balaban J connectivity index is 1.70. The number of aryl methyl sites for hydroxylation is 1. The van der Waals surface area contributed by atoms with E-state index in [0.717, 1.165) is 18.9 Å². The van der Waals surface area contributed by atoms with E-state index in [1.165, 1.54) is 24.5 Å². The molecule has 39 heavy (non-hydrogen) atoms. The largest absolute Gasteiger partial charge is 0.481 e. The molecule has 208 valence electrons. The maximum Gasteiger partial charge on any atom is 0.425 e. The zero-order valence-electron chi connectivity index (χ0n) is 22.1. The summed E-state index contributed by atoms with van der Waals surface area (Å²) in [6, 6.07) is 9.06. The third-order valence-corrected chi connectivity index (χ3v) is 7.13. The van der Waals surface area contributed by atoms with Crippen molar-refractivity contribution in [3.63, 3.8) is 0 Å². The predicted molar refractivity (Wildman–Crippen MR) is 139 cm³/mol. The van der Waals surface area contributed by atoms with Crippen LogP contribution in [0.3, 0.4) is 0 Å². The zero-order valence-corrected chi connectivity index (χ0v) is 22.1. The van der Waals surface area contributed by atoms with Gasteiger partial charge in [0.15, 0.2) is 11.9 Å². The molecule has 1 N–H and O–H groups in total. The Kier molecular flexibility index (Phi) is 8.13. The summed E-state index contributed by atoms with van der Waals surface area (Å²) >= 11 is 0. The van der Waals surface area contributed by atoms with Crippen LogP contribution < -0.4 is 9.64 Å². The van der Waals surface area contributed by atoms with E-state index in [-0.39, 0.29) is 17.4 Å². The number of piperidine rings is 1. The number of aromatic nitrogens is 2. The molecule has 0 aliphatic carbocycles. The molecule has 1 unspecified atom stereocenters. The Morgan fingerprint density at radius 1 is 1.13 bits per heavy atom. The number of aliphatic carboxylic acids is 1. The minimum atomic E-state index is -4.75. The van der Waals surface area contributed by atoms with Crippen LogP contribution in [0.25, 0.3) is 11.1 Å². The van der Waals surface area contributed by atoms with Gasteiger partial charge in [-0.1, -0.05) is 44.2 Å². The Bertz CT molecular complexity index is 1320. The van der Waals surface area contributed by atoms with Gasteiger partial charge in [-0.2, -0.15) is 13.2 Å². The number of carbonyl (C=O) groups is 1. The van der Waals surface area contributed by atoms with Crippen LogP contribution in [-0.2, 0) is 17.6 Å². The number of pyridine rings is 2. The number of anilines is 1. The van der Waals surface area contributed by atoms with Gasteiger partial charge in [-0.05, 0) is 36.8 Å². The average Bonchev–Trinajstić information content (AvgIpc) is 2.86. The third kappa shape index (κ3) is 6.85. The smallest absolute Gasteiger partial charge is 0.425 e. The molecule has 3 aromatic rings. The van der Waals surface area contributed by atoms with Gasteiger partial charge in [-0.3, -0.25) is 9.78 Å². The lowest BCUT2D eigenvalue weighted by Gasteiger charge is -2.40. The van der Waals surface area contributed by atoms with Crippen LogP contribution in [-0.4, -0.2) is 46.4 Å². The van der Waals surface area contributed by atoms with E-state index in [9.17, 15) is 23.1 Å². The summed E-state index contributed by atoms with van der Waals surface area (Å²) < 4.78 is 61.5. The first-order valence-electron chi connectivity index (χ1n) is 12.7. The highest BCUT2D eigenvalue weighted by Crippen LogP contribution is 2.40. The van der Waals surface area contributed by atoms with Crippen molar-refractivity contribution >= 4 is 11.7 Å². The SMILES string of the molecule is Cc1ncc(-c2cnc(OC(Cc3ccccc3)C(F)(F)F)c(F)c2)c(N2CCC(C)(C)CC2)c1CC(=O)O. The molecule has 0 bridgehead atoms. The van der Waals surface area contributed by atoms with E-state index >= 15 is 4.39 Å². The highest BCUT2D eigenvalue weighted by Gasteiger charge is 2.42. The molecule has 1 aliphatic heterocycles. The van der Waals surface area contributed by atoms with Crippen molar-refractivity contribution in [1.82, 2.24) is 9.97 Å². The monoisotopic (exact) mass is 545 g/mol. The molecular formula is C29H31F4N3O3. The summed E-state index contributed by atoms with van der Waals surface area (Å²) in [5.41, 5.74) is 2.95. The van der Waals surface area contributed by atoms with Gasteiger partial charge in [0, 0.05) is 54.3 Å². The number of hydrogen-bond acceptors (Lipinski definition) is 5. The average molecular weight is 546 g/mol. The molecule has 0 amide bonds. The molecule has 1 saturated heterocycles. The van der Waals surface area contributed by atoms with Crippen molar-refractivity contribution in [3.8, 4) is 17.0 Å². The van der Waals surface area contributed by atoms with Gasteiger partial charge in [-0.25, -0.2) is 9.37 Å². The second-order valence-electron chi connectivity index (χ2n) is 10.7. The molecule has 3 heterocycles. The molecule has 0 radical (unpaired) electrons. The van der Waals surface area contributed by atoms with Crippen molar-refractivity contribution in [1.29, 1.82) is 0 Å². The van der Waals surface area contributed by atoms with Gasteiger partial charge in [0.25, 0.3) is 5.88 Å². The summed E-state index contributed by atoms with van der Waals surface area (Å²) in [6.07, 6.45) is -3.29. The third-order valence-electron chi connectivity index (χ3n) is 7.13. The zero-order chi connectivity index (χ0) is 28.4. The standard InChI is InChI=1S/C29H31F4N3O3/c1-18-21(15-25(37)38)26(36-11-9-28(2,3)10-12-36)22(17-34-18)20-14-23(30)27(35-16-20)39-24(29(31,32)33)13-19-7-5-4-6-8-19/h4-8,14,16-17,24H,9-13,15H2,1-3H3,(H,37,38). The van der Waals surface area contributed by atoms with Gasteiger partial charge < -0.3 is 14.7 Å². The number of rotatable bonds is 8. The molecule has 1 aromatic carbocycles. The number of halogens is 4. The van der Waals surface area contributed by atoms with E-state index in [1.54, 1.807) is 25.1 Å². The molecule has 2 aromatic heterocycles. The maximum absolute atomic E-state index is 15.2.